The van der Waals surface area contributed by atoms with E-state index in [-0.39, 0.29) is 30.1 Å². The van der Waals surface area contributed by atoms with E-state index in [4.69, 9.17) is 4.74 Å². The van der Waals surface area contributed by atoms with Crippen LogP contribution in [0.5, 0.6) is 0 Å². The van der Waals surface area contributed by atoms with Crippen molar-refractivity contribution in [2.45, 2.75) is 91.5 Å². The summed E-state index contributed by atoms with van der Waals surface area (Å²) in [4.78, 5) is 41.9. The summed E-state index contributed by atoms with van der Waals surface area (Å²) in [7, 11) is 1.91. The number of piperidine rings is 1. The fourth-order valence-electron chi connectivity index (χ4n) is 8.67. The minimum atomic E-state index is -4.59. The molecule has 2 unspecified atom stereocenters. The molecule has 10 heteroatoms. The van der Waals surface area contributed by atoms with Crippen molar-refractivity contribution < 1.29 is 37.4 Å². The number of rotatable bonds is 3. The number of alkyl carbamates (subject to hydrolysis) is 1. The highest BCUT2D eigenvalue weighted by Crippen LogP contribution is 2.68. The van der Waals surface area contributed by atoms with E-state index in [1.54, 1.807) is 6.92 Å². The number of imide groups is 1. The van der Waals surface area contributed by atoms with E-state index in [0.717, 1.165) is 25.5 Å². The average Bonchev–Trinajstić information content (AvgIpc) is 3.22. The minimum absolute atomic E-state index is 0.0479. The number of allylic oxidation sites excluding steroid dienone is 1. The Hall–Kier alpha value is -1.94. The zero-order chi connectivity index (χ0) is 29.8. The van der Waals surface area contributed by atoms with Crippen LogP contribution in [0, 0.1) is 45.8 Å². The van der Waals surface area contributed by atoms with Crippen LogP contribution < -0.4 is 5.32 Å². The molecular weight excluding hydrogens is 525 g/mol. The fraction of sp³-hybridized carbons (Fsp3) is 0.833. The smallest absolute Gasteiger partial charge is 0.414 e. The number of halogens is 3. The third kappa shape index (κ3) is 5.35. The Morgan fingerprint density at radius 2 is 1.82 bits per heavy atom. The first-order valence-electron chi connectivity index (χ1n) is 14.6. The molecule has 1 heterocycles. The number of ketones is 1. The fourth-order valence-corrected chi connectivity index (χ4v) is 8.67. The molecule has 3 saturated carbocycles. The van der Waals surface area contributed by atoms with Crippen LogP contribution in [0.4, 0.5) is 18.0 Å². The normalized spacial score (nSPS) is 44.5. The van der Waals surface area contributed by atoms with E-state index in [0.29, 0.717) is 25.8 Å². The molecule has 3 aliphatic carbocycles. The Morgan fingerprint density at radius 3 is 2.48 bits per heavy atom. The molecule has 0 radical (unpaired) electrons. The number of aliphatic hydroxyl groups is 1. The number of nitrogens with zero attached hydrogens (tertiary/aromatic N) is 1. The SMILES string of the molecule is C[C@@H]1CCC23CCC(=O)C2[C@]1(C)[C@H](OC(=O)NC(=O)[C@H]1CN(C)CC[C@@H]1C)C[C@@](C)(C=CC(F)(F)F)[C@@H](O)[C@@H]3C. The van der Waals surface area contributed by atoms with Gasteiger partial charge in [-0.3, -0.25) is 14.9 Å². The molecule has 4 fully saturated rings. The molecule has 40 heavy (non-hydrogen) atoms. The van der Waals surface area contributed by atoms with E-state index in [1.165, 1.54) is 0 Å². The second-order valence-corrected chi connectivity index (χ2v) is 13.8. The van der Waals surface area contributed by atoms with Crippen LogP contribution >= 0.6 is 0 Å². The number of carbonyl (C=O) groups excluding carboxylic acids is 3. The predicted octanol–water partition coefficient (Wildman–Crippen LogP) is 5.12. The zero-order valence-electron chi connectivity index (χ0n) is 24.5. The largest absolute Gasteiger partial charge is 0.445 e. The Kier molecular flexibility index (Phi) is 8.31. The molecule has 2 bridgehead atoms. The third-order valence-electron chi connectivity index (χ3n) is 11.5. The lowest BCUT2D eigenvalue weighted by molar-refractivity contribution is -0.191. The highest BCUT2D eigenvalue weighted by atomic mass is 19.4. The molecule has 0 aromatic rings. The number of carbonyl (C=O) groups is 3. The van der Waals surface area contributed by atoms with Gasteiger partial charge in [-0.15, -0.1) is 0 Å². The Bertz CT molecular complexity index is 1050. The number of amides is 2. The van der Waals surface area contributed by atoms with Crippen molar-refractivity contribution in [2.75, 3.05) is 20.1 Å². The summed E-state index contributed by atoms with van der Waals surface area (Å²) < 4.78 is 46.1. The van der Waals surface area contributed by atoms with Gasteiger partial charge in [0, 0.05) is 35.8 Å². The first-order valence-corrected chi connectivity index (χ1v) is 14.6. The molecule has 1 saturated heterocycles. The summed E-state index contributed by atoms with van der Waals surface area (Å²) in [5, 5.41) is 14.1. The molecule has 4 aliphatic rings. The summed E-state index contributed by atoms with van der Waals surface area (Å²) in [5.41, 5.74) is -2.89. The van der Waals surface area contributed by atoms with Gasteiger partial charge in [0.15, 0.2) is 0 Å². The molecule has 1 aliphatic heterocycles. The molecule has 7 nitrogen and oxygen atoms in total. The van der Waals surface area contributed by atoms with Crippen molar-refractivity contribution in [3.05, 3.63) is 12.2 Å². The number of hydrogen-bond donors (Lipinski definition) is 2. The van der Waals surface area contributed by atoms with Crippen LogP contribution in [0.25, 0.3) is 0 Å². The molecule has 0 aromatic carbocycles. The molecule has 0 aromatic heterocycles. The van der Waals surface area contributed by atoms with E-state index in [2.05, 4.69) is 5.32 Å². The van der Waals surface area contributed by atoms with Gasteiger partial charge in [0.05, 0.1) is 12.0 Å². The van der Waals surface area contributed by atoms with Gasteiger partial charge < -0.3 is 14.7 Å². The van der Waals surface area contributed by atoms with Gasteiger partial charge in [-0.2, -0.15) is 13.2 Å². The third-order valence-corrected chi connectivity index (χ3v) is 11.5. The van der Waals surface area contributed by atoms with Crippen molar-refractivity contribution in [1.82, 2.24) is 10.2 Å². The van der Waals surface area contributed by atoms with Crippen LogP contribution in [0.3, 0.4) is 0 Å². The van der Waals surface area contributed by atoms with E-state index in [9.17, 15) is 32.7 Å². The molecule has 4 rings (SSSR count). The lowest BCUT2D eigenvalue weighted by Crippen LogP contribution is -2.63. The Balaban J connectivity index is 1.72. The van der Waals surface area contributed by atoms with Gasteiger partial charge in [0.25, 0.3) is 0 Å². The van der Waals surface area contributed by atoms with Gasteiger partial charge in [0.1, 0.15) is 11.9 Å². The minimum Gasteiger partial charge on any atom is -0.445 e. The van der Waals surface area contributed by atoms with E-state index < -0.39 is 64.4 Å². The van der Waals surface area contributed by atoms with E-state index in [1.807, 2.05) is 39.6 Å². The monoisotopic (exact) mass is 570 g/mol. The lowest BCUT2D eigenvalue weighted by atomic mass is 9.44. The van der Waals surface area contributed by atoms with Crippen molar-refractivity contribution in [3.63, 3.8) is 0 Å². The van der Waals surface area contributed by atoms with Crippen LogP contribution in [-0.4, -0.2) is 66.3 Å². The Morgan fingerprint density at radius 1 is 1.15 bits per heavy atom. The van der Waals surface area contributed by atoms with Gasteiger partial charge in [-0.1, -0.05) is 40.7 Å². The van der Waals surface area contributed by atoms with Gasteiger partial charge in [-0.05, 0) is 68.9 Å². The standard InChI is InChI=1S/C30H45F3N2O5/c1-17-9-14-35(6)16-20(17)25(38)34-26(39)40-22-15-27(4,12-13-30(31,32)33)24(37)19(3)29-10-7-18(2)28(22,5)23(29)21(36)8-11-29/h12-13,17-20,22-24,37H,7-11,14-16H2,1-6H3,(H,34,38,39)/t17-,18+,19-,20-,22+,23?,24-,27+,28-,29?/m0/s1. The van der Waals surface area contributed by atoms with Crippen LogP contribution in [0.2, 0.25) is 0 Å². The number of Topliss-reactive ketones (excluding diaryl/α,β-unsaturated/α-hetero) is 1. The van der Waals surface area contributed by atoms with Crippen LogP contribution in [0.1, 0.15) is 73.1 Å². The zero-order valence-corrected chi connectivity index (χ0v) is 24.5. The second-order valence-electron chi connectivity index (χ2n) is 13.8. The second kappa shape index (κ2) is 10.7. The number of hydrogen-bond acceptors (Lipinski definition) is 6. The topological polar surface area (TPSA) is 95.9 Å². The number of alkyl halides is 3. The first kappa shape index (κ1) is 31.0. The highest BCUT2D eigenvalue weighted by Gasteiger charge is 2.68. The molecule has 2 N–H and O–H groups in total. The number of ether oxygens (including phenoxy) is 1. The van der Waals surface area contributed by atoms with Crippen molar-refractivity contribution >= 4 is 17.8 Å². The molecule has 226 valence electrons. The van der Waals surface area contributed by atoms with Crippen molar-refractivity contribution in [1.29, 1.82) is 0 Å². The Labute approximate surface area is 235 Å². The average molecular weight is 571 g/mol. The molecule has 0 spiro atoms. The quantitative estimate of drug-likeness (QED) is 0.457. The number of aliphatic hydroxyl groups excluding tert-OH is 1. The van der Waals surface area contributed by atoms with Crippen molar-refractivity contribution in [2.24, 2.45) is 45.8 Å². The summed E-state index contributed by atoms with van der Waals surface area (Å²) in [5.74, 6) is -1.76. The van der Waals surface area contributed by atoms with Crippen LogP contribution in [0.15, 0.2) is 12.2 Å². The molecule has 10 atom stereocenters. The predicted molar refractivity (Wildman–Crippen MR) is 143 cm³/mol. The molecule has 2 amide bonds. The maximum atomic E-state index is 13.5. The maximum Gasteiger partial charge on any atom is 0.414 e. The van der Waals surface area contributed by atoms with E-state index >= 15 is 0 Å². The van der Waals surface area contributed by atoms with Gasteiger partial charge >= 0.3 is 12.3 Å². The highest BCUT2D eigenvalue weighted by molar-refractivity contribution is 5.93. The van der Waals surface area contributed by atoms with Crippen LogP contribution in [-0.2, 0) is 14.3 Å². The summed E-state index contributed by atoms with van der Waals surface area (Å²) in [6.07, 6.45) is -3.65. The van der Waals surface area contributed by atoms with Crippen molar-refractivity contribution in [3.8, 4) is 0 Å². The summed E-state index contributed by atoms with van der Waals surface area (Å²) >= 11 is 0. The van der Waals surface area contributed by atoms with Gasteiger partial charge in [0.2, 0.25) is 5.91 Å². The first-order chi connectivity index (χ1) is 18.4. The summed E-state index contributed by atoms with van der Waals surface area (Å²) in [6, 6.07) is 0. The lowest BCUT2D eigenvalue weighted by Gasteiger charge is -2.61. The maximum absolute atomic E-state index is 13.5. The number of nitrogens with one attached hydrogen (secondary N) is 1. The van der Waals surface area contributed by atoms with Gasteiger partial charge in [-0.25, -0.2) is 4.79 Å². The molecular formula is C30H45F3N2O5. The number of likely N-dealkylation sites (tertiary alicyclic amines) is 1. The summed E-state index contributed by atoms with van der Waals surface area (Å²) in [6.45, 7) is 10.6.